The Labute approximate surface area is 221 Å². The molecule has 0 bridgehead atoms. The van der Waals surface area contributed by atoms with Crippen LogP contribution in [0.4, 0.5) is 17.1 Å². The minimum Gasteiger partial charge on any atom is -0.310 e. The average molecular weight is 485 g/mol. The van der Waals surface area contributed by atoms with Gasteiger partial charge in [-0.05, 0) is 79.1 Å². The molecule has 36 heavy (non-hydrogen) atoms. The largest absolute Gasteiger partial charge is 0.310 e. The maximum absolute atomic E-state index is 4.44. The van der Waals surface area contributed by atoms with Gasteiger partial charge in [-0.1, -0.05) is 103 Å². The summed E-state index contributed by atoms with van der Waals surface area (Å²) in [5.41, 5.74) is 7.49. The van der Waals surface area contributed by atoms with Crippen molar-refractivity contribution in [2.75, 3.05) is 4.90 Å². The summed E-state index contributed by atoms with van der Waals surface area (Å²) >= 11 is 0. The lowest BCUT2D eigenvalue weighted by atomic mass is 9.91. The number of hydrogen-bond acceptors (Lipinski definition) is 2. The van der Waals surface area contributed by atoms with Crippen molar-refractivity contribution >= 4 is 17.1 Å². The highest BCUT2D eigenvalue weighted by molar-refractivity contribution is 5.76. The van der Waals surface area contributed by atoms with Crippen LogP contribution < -0.4 is 4.90 Å². The maximum atomic E-state index is 4.44. The summed E-state index contributed by atoms with van der Waals surface area (Å²) in [5.74, 6) is 1.57. The van der Waals surface area contributed by atoms with Gasteiger partial charge >= 0.3 is 0 Å². The Kier molecular flexibility index (Phi) is 11.5. The highest BCUT2D eigenvalue weighted by atomic mass is 15.1. The Morgan fingerprint density at radius 2 is 1.11 bits per heavy atom. The molecule has 2 aromatic carbocycles. The monoisotopic (exact) mass is 484 g/mol. The van der Waals surface area contributed by atoms with E-state index in [0.717, 1.165) is 23.2 Å². The molecule has 3 rings (SSSR count). The fraction of sp³-hybridized carbons (Fsp3) is 0.500. The van der Waals surface area contributed by atoms with Crippen LogP contribution in [0.15, 0.2) is 66.9 Å². The van der Waals surface area contributed by atoms with Gasteiger partial charge in [-0.2, -0.15) is 0 Å². The summed E-state index contributed by atoms with van der Waals surface area (Å²) in [6.45, 7) is 11.3. The lowest BCUT2D eigenvalue weighted by Crippen LogP contribution is -2.11. The van der Waals surface area contributed by atoms with E-state index in [4.69, 9.17) is 0 Å². The third-order valence-electron chi connectivity index (χ3n) is 7.66. The van der Waals surface area contributed by atoms with E-state index >= 15 is 0 Å². The molecule has 3 aromatic rings. The molecule has 2 atom stereocenters. The molecule has 0 fully saturated rings. The van der Waals surface area contributed by atoms with Gasteiger partial charge in [0.15, 0.2) is 0 Å². The molecule has 0 radical (unpaired) electrons. The zero-order chi connectivity index (χ0) is 25.8. The van der Waals surface area contributed by atoms with E-state index in [2.05, 4.69) is 105 Å². The molecule has 194 valence electrons. The molecule has 2 heteroatoms. The SMILES string of the molecule is CCCCC(CC)Cc1ccc(N(c2ccc(CC(CC)CCCC)cc2)c2ccnc(C)c2)cc1. The summed E-state index contributed by atoms with van der Waals surface area (Å²) in [6.07, 6.45) is 14.7. The summed E-state index contributed by atoms with van der Waals surface area (Å²) in [4.78, 5) is 6.81. The minimum atomic E-state index is 0.784. The smallest absolute Gasteiger partial charge is 0.0494 e. The first kappa shape index (κ1) is 28.0. The molecule has 0 saturated heterocycles. The van der Waals surface area contributed by atoms with Crippen LogP contribution in [0, 0.1) is 18.8 Å². The van der Waals surface area contributed by atoms with Crippen LogP contribution in [0.2, 0.25) is 0 Å². The number of unbranched alkanes of at least 4 members (excludes halogenated alkanes) is 2. The molecule has 0 spiro atoms. The van der Waals surface area contributed by atoms with Crippen LogP contribution in [0.5, 0.6) is 0 Å². The molecule has 0 aliphatic rings. The number of pyridine rings is 1. The second-order valence-electron chi connectivity index (χ2n) is 10.6. The van der Waals surface area contributed by atoms with E-state index in [1.807, 2.05) is 6.20 Å². The van der Waals surface area contributed by atoms with Crippen molar-refractivity contribution in [3.8, 4) is 0 Å². The van der Waals surface area contributed by atoms with Crippen molar-refractivity contribution in [2.45, 2.75) is 98.8 Å². The van der Waals surface area contributed by atoms with Gasteiger partial charge in [0.2, 0.25) is 0 Å². The van der Waals surface area contributed by atoms with Gasteiger partial charge in [-0.3, -0.25) is 4.98 Å². The molecule has 0 N–H and O–H groups in total. The van der Waals surface area contributed by atoms with Crippen molar-refractivity contribution in [1.82, 2.24) is 4.98 Å². The van der Waals surface area contributed by atoms with Gasteiger partial charge in [-0.25, -0.2) is 0 Å². The standard InChI is InChI=1S/C34H48N2/c1-6-10-12-28(8-3)25-30-14-18-32(19-15-30)36(34-22-23-35-27(5)24-34)33-20-16-31(17-21-33)26-29(9-4)13-11-7-2/h14-24,28-29H,6-13,25-26H2,1-5H3. The van der Waals surface area contributed by atoms with Crippen LogP contribution in [0.3, 0.4) is 0 Å². The number of nitrogens with zero attached hydrogens (tertiary/aromatic N) is 2. The van der Waals surface area contributed by atoms with E-state index in [1.165, 1.54) is 86.7 Å². The fourth-order valence-corrected chi connectivity index (χ4v) is 5.23. The first-order chi connectivity index (χ1) is 17.6. The Morgan fingerprint density at radius 3 is 1.50 bits per heavy atom. The molecule has 0 amide bonds. The number of anilines is 3. The van der Waals surface area contributed by atoms with Crippen molar-refractivity contribution in [1.29, 1.82) is 0 Å². The number of hydrogen-bond donors (Lipinski definition) is 0. The molecular weight excluding hydrogens is 436 g/mol. The number of aromatic nitrogens is 1. The summed E-state index contributed by atoms with van der Waals surface area (Å²) in [5, 5.41) is 0. The highest BCUT2D eigenvalue weighted by Crippen LogP contribution is 2.35. The van der Waals surface area contributed by atoms with E-state index in [0.29, 0.717) is 0 Å². The average Bonchev–Trinajstić information content (AvgIpc) is 2.91. The molecule has 0 aliphatic carbocycles. The first-order valence-corrected chi connectivity index (χ1v) is 14.5. The van der Waals surface area contributed by atoms with Crippen molar-refractivity contribution in [2.24, 2.45) is 11.8 Å². The Balaban J connectivity index is 1.84. The van der Waals surface area contributed by atoms with E-state index < -0.39 is 0 Å². The predicted molar refractivity (Wildman–Crippen MR) is 158 cm³/mol. The molecule has 2 nitrogen and oxygen atoms in total. The molecule has 2 unspecified atom stereocenters. The third kappa shape index (κ3) is 8.22. The fourth-order valence-electron chi connectivity index (χ4n) is 5.23. The van der Waals surface area contributed by atoms with Gasteiger partial charge in [0.25, 0.3) is 0 Å². The lowest BCUT2D eigenvalue weighted by molar-refractivity contribution is 0.449. The Bertz CT molecular complexity index is 945. The van der Waals surface area contributed by atoms with Crippen molar-refractivity contribution in [3.05, 3.63) is 83.7 Å². The van der Waals surface area contributed by atoms with Crippen molar-refractivity contribution in [3.63, 3.8) is 0 Å². The Hall–Kier alpha value is -2.61. The van der Waals surface area contributed by atoms with Crippen LogP contribution in [-0.2, 0) is 12.8 Å². The molecule has 0 saturated carbocycles. The predicted octanol–water partition coefficient (Wildman–Crippen LogP) is 10.4. The third-order valence-corrected chi connectivity index (χ3v) is 7.66. The van der Waals surface area contributed by atoms with Gasteiger partial charge < -0.3 is 4.90 Å². The van der Waals surface area contributed by atoms with Crippen LogP contribution in [-0.4, -0.2) is 4.98 Å². The zero-order valence-electron chi connectivity index (χ0n) is 23.5. The topological polar surface area (TPSA) is 16.1 Å². The molecule has 1 heterocycles. The highest BCUT2D eigenvalue weighted by Gasteiger charge is 2.15. The van der Waals surface area contributed by atoms with Gasteiger partial charge in [0.1, 0.15) is 0 Å². The van der Waals surface area contributed by atoms with Crippen LogP contribution in [0.1, 0.15) is 95.9 Å². The van der Waals surface area contributed by atoms with Gasteiger partial charge in [-0.15, -0.1) is 0 Å². The number of benzene rings is 2. The first-order valence-electron chi connectivity index (χ1n) is 14.5. The Morgan fingerprint density at radius 1 is 0.639 bits per heavy atom. The zero-order valence-corrected chi connectivity index (χ0v) is 23.5. The lowest BCUT2D eigenvalue weighted by Gasteiger charge is -2.26. The van der Waals surface area contributed by atoms with Crippen molar-refractivity contribution < 1.29 is 0 Å². The second kappa shape index (κ2) is 14.8. The molecule has 1 aromatic heterocycles. The molecular formula is C34H48N2. The summed E-state index contributed by atoms with van der Waals surface area (Å²) < 4.78 is 0. The number of aryl methyl sites for hydroxylation is 1. The molecule has 0 aliphatic heterocycles. The summed E-state index contributed by atoms with van der Waals surface area (Å²) in [6, 6.07) is 22.8. The number of rotatable bonds is 15. The normalized spacial score (nSPS) is 12.9. The minimum absolute atomic E-state index is 0.784. The van der Waals surface area contributed by atoms with E-state index in [1.54, 1.807) is 0 Å². The van der Waals surface area contributed by atoms with Gasteiger partial charge in [0.05, 0.1) is 0 Å². The quantitative estimate of drug-likeness (QED) is 0.213. The summed E-state index contributed by atoms with van der Waals surface area (Å²) in [7, 11) is 0. The van der Waals surface area contributed by atoms with E-state index in [9.17, 15) is 0 Å². The van der Waals surface area contributed by atoms with Crippen LogP contribution >= 0.6 is 0 Å². The van der Waals surface area contributed by atoms with Crippen LogP contribution in [0.25, 0.3) is 0 Å². The van der Waals surface area contributed by atoms with E-state index in [-0.39, 0.29) is 0 Å². The van der Waals surface area contributed by atoms with Gasteiger partial charge in [0, 0.05) is 29.0 Å². The maximum Gasteiger partial charge on any atom is 0.0494 e. The second-order valence-corrected chi connectivity index (χ2v) is 10.6.